The van der Waals surface area contributed by atoms with Crippen molar-refractivity contribution >= 4 is 14.1 Å². The molecule has 0 spiro atoms. The monoisotopic (exact) mass is 284 g/mol. The number of carbonyl (C=O) groups is 1. The van der Waals surface area contributed by atoms with E-state index in [0.717, 1.165) is 0 Å². The van der Waals surface area contributed by atoms with Crippen LogP contribution in [0.3, 0.4) is 0 Å². The van der Waals surface area contributed by atoms with Crippen molar-refractivity contribution in [2.45, 2.75) is 26.8 Å². The topological polar surface area (TPSA) is 64.6 Å². The van der Waals surface area contributed by atoms with Gasteiger partial charge in [-0.3, -0.25) is 4.79 Å². The van der Waals surface area contributed by atoms with Crippen molar-refractivity contribution in [3.63, 3.8) is 0 Å². The molecule has 2 atom stereocenters. The van der Waals surface area contributed by atoms with E-state index in [1.807, 2.05) is 19.9 Å². The molecule has 19 heavy (non-hydrogen) atoms. The molecule has 1 N–H and O–H groups in total. The summed E-state index contributed by atoms with van der Waals surface area (Å²) in [5.74, 6) is 0.318. The van der Waals surface area contributed by atoms with Crippen molar-refractivity contribution in [1.82, 2.24) is 5.09 Å². The zero-order valence-corrected chi connectivity index (χ0v) is 12.2. The van der Waals surface area contributed by atoms with Crippen LogP contribution in [0.4, 0.5) is 0 Å². The smallest absolute Gasteiger partial charge is 0.464 e. The Kier molecular flexibility index (Phi) is 6.46. The van der Waals surface area contributed by atoms with E-state index >= 15 is 0 Å². The molecule has 0 bridgehead atoms. The average Bonchev–Trinajstić information content (AvgIpc) is 2.36. The van der Waals surface area contributed by atoms with E-state index in [1.165, 1.54) is 0 Å². The van der Waals surface area contributed by atoms with E-state index in [1.54, 1.807) is 31.2 Å². The van der Waals surface area contributed by atoms with Gasteiger partial charge in [0.2, 0.25) is 0 Å². The number of ether oxygens (including phenoxy) is 1. The lowest BCUT2D eigenvalue weighted by Gasteiger charge is -2.09. The number of benzene rings is 1. The van der Waals surface area contributed by atoms with Gasteiger partial charge in [0.15, 0.2) is 5.75 Å². The van der Waals surface area contributed by atoms with Crippen molar-refractivity contribution in [3.8, 4) is 5.75 Å². The zero-order valence-electron chi connectivity index (χ0n) is 11.3. The van der Waals surface area contributed by atoms with E-state index in [4.69, 9.17) is 9.26 Å². The fourth-order valence-corrected chi connectivity index (χ4v) is 1.98. The van der Waals surface area contributed by atoms with Crippen LogP contribution in [-0.4, -0.2) is 18.6 Å². The van der Waals surface area contributed by atoms with Gasteiger partial charge in [0.05, 0.1) is 6.61 Å². The number of hydrogen-bond donors (Lipinski definition) is 1. The molecule has 0 aliphatic carbocycles. The first-order valence-electron chi connectivity index (χ1n) is 6.12. The van der Waals surface area contributed by atoms with Crippen molar-refractivity contribution in [2.75, 3.05) is 6.61 Å². The molecule has 0 heterocycles. The Morgan fingerprint density at radius 1 is 1.26 bits per heavy atom. The molecule has 0 saturated carbocycles. The van der Waals surface area contributed by atoms with Crippen molar-refractivity contribution < 1.29 is 18.6 Å². The van der Waals surface area contributed by atoms with Gasteiger partial charge in [-0.15, -0.1) is 0 Å². The Bertz CT molecular complexity index is 422. The molecule has 1 aromatic rings. The first kappa shape index (κ1) is 15.6. The Morgan fingerprint density at radius 3 is 2.47 bits per heavy atom. The van der Waals surface area contributed by atoms with Gasteiger partial charge in [-0.1, -0.05) is 37.1 Å². The van der Waals surface area contributed by atoms with Gasteiger partial charge in [-0.2, -0.15) is 0 Å². The van der Waals surface area contributed by atoms with E-state index in [2.05, 4.69) is 5.09 Å². The molecule has 5 nitrogen and oxygen atoms in total. The van der Waals surface area contributed by atoms with Gasteiger partial charge >= 0.3 is 14.1 Å². The minimum Gasteiger partial charge on any atom is -0.464 e. The lowest BCUT2D eigenvalue weighted by atomic mass is 10.2. The predicted molar refractivity (Wildman–Crippen MR) is 73.1 cm³/mol. The summed E-state index contributed by atoms with van der Waals surface area (Å²) in [5.41, 5.74) is 0. The standard InChI is InChI=1S/C13H19NO4P/c1-10(2)9-17-13(15)11(3)14-19(16)18-12-7-5-4-6-8-12/h4-8,10-11H,9H2,1-3H3,(H,14,16)/q+1/t11-/m0/s1. The number of nitrogens with one attached hydrogen (secondary N) is 1. The molecule has 1 aromatic carbocycles. The second-order valence-corrected chi connectivity index (χ2v) is 5.49. The third-order valence-electron chi connectivity index (χ3n) is 2.14. The summed E-state index contributed by atoms with van der Waals surface area (Å²) in [6.07, 6.45) is 0. The Balaban J connectivity index is 2.37. The maximum absolute atomic E-state index is 11.7. The highest BCUT2D eigenvalue weighted by atomic mass is 31.1. The van der Waals surface area contributed by atoms with Gasteiger partial charge < -0.3 is 4.74 Å². The highest BCUT2D eigenvalue weighted by molar-refractivity contribution is 7.37. The predicted octanol–water partition coefficient (Wildman–Crippen LogP) is 2.90. The molecule has 0 aliphatic rings. The summed E-state index contributed by atoms with van der Waals surface area (Å²) in [6.45, 7) is 5.83. The van der Waals surface area contributed by atoms with E-state index in [9.17, 15) is 9.36 Å². The van der Waals surface area contributed by atoms with Crippen LogP contribution in [-0.2, 0) is 14.1 Å². The Labute approximate surface area is 114 Å². The SMILES string of the molecule is CC(C)COC(=O)[C@H](C)N[P+](=O)Oc1ccccc1. The van der Waals surface area contributed by atoms with Crippen molar-refractivity contribution in [1.29, 1.82) is 0 Å². The molecular weight excluding hydrogens is 265 g/mol. The number of esters is 1. The van der Waals surface area contributed by atoms with Crippen LogP contribution >= 0.6 is 8.18 Å². The van der Waals surface area contributed by atoms with Gasteiger partial charge in [-0.05, 0) is 25.0 Å². The number of hydrogen-bond acceptors (Lipinski definition) is 4. The van der Waals surface area contributed by atoms with Crippen molar-refractivity contribution in [2.24, 2.45) is 5.92 Å². The fourth-order valence-electron chi connectivity index (χ4n) is 1.19. The van der Waals surface area contributed by atoms with E-state index < -0.39 is 20.2 Å². The van der Waals surface area contributed by atoms with E-state index in [0.29, 0.717) is 12.4 Å². The summed E-state index contributed by atoms with van der Waals surface area (Å²) < 4.78 is 21.9. The van der Waals surface area contributed by atoms with Crippen LogP contribution in [0.15, 0.2) is 30.3 Å². The zero-order chi connectivity index (χ0) is 14.3. The quantitative estimate of drug-likeness (QED) is 0.616. The first-order chi connectivity index (χ1) is 8.99. The number of carbonyl (C=O) groups excluding carboxylic acids is 1. The summed E-state index contributed by atoms with van der Waals surface area (Å²) in [6, 6.07) is 8.09. The number of rotatable bonds is 7. The van der Waals surface area contributed by atoms with Gasteiger partial charge in [0.25, 0.3) is 0 Å². The van der Waals surface area contributed by atoms with Crippen LogP contribution in [0.2, 0.25) is 0 Å². The minimum atomic E-state index is -2.16. The maximum atomic E-state index is 11.7. The third kappa shape index (κ3) is 6.32. The van der Waals surface area contributed by atoms with Gasteiger partial charge in [-0.25, -0.2) is 4.52 Å². The third-order valence-corrected chi connectivity index (χ3v) is 3.12. The molecule has 0 saturated heterocycles. The lowest BCUT2D eigenvalue weighted by molar-refractivity contribution is -0.146. The first-order valence-corrected chi connectivity index (χ1v) is 7.30. The molecule has 1 rings (SSSR count). The largest absolute Gasteiger partial charge is 0.664 e. The molecule has 0 fully saturated rings. The summed E-state index contributed by atoms with van der Waals surface area (Å²) in [4.78, 5) is 11.6. The summed E-state index contributed by atoms with van der Waals surface area (Å²) in [5, 5.41) is 2.56. The molecule has 0 radical (unpaired) electrons. The Hall–Kier alpha value is -1.45. The number of para-hydroxylation sites is 1. The van der Waals surface area contributed by atoms with Crippen LogP contribution in [0, 0.1) is 5.92 Å². The summed E-state index contributed by atoms with van der Waals surface area (Å²) >= 11 is 0. The van der Waals surface area contributed by atoms with Crippen molar-refractivity contribution in [3.05, 3.63) is 30.3 Å². The van der Waals surface area contributed by atoms with E-state index in [-0.39, 0.29) is 5.92 Å². The maximum Gasteiger partial charge on any atom is 0.664 e. The highest BCUT2D eigenvalue weighted by Gasteiger charge is 2.28. The summed E-state index contributed by atoms with van der Waals surface area (Å²) in [7, 11) is -2.16. The van der Waals surface area contributed by atoms with Crippen LogP contribution in [0.5, 0.6) is 5.75 Å². The molecule has 1 unspecified atom stereocenters. The van der Waals surface area contributed by atoms with Crippen LogP contribution < -0.4 is 9.61 Å². The molecule has 0 aromatic heterocycles. The molecule has 0 amide bonds. The van der Waals surface area contributed by atoms with Gasteiger partial charge in [0, 0.05) is 4.57 Å². The molecular formula is C13H19NO4P+. The fraction of sp³-hybridized carbons (Fsp3) is 0.462. The molecule has 6 heteroatoms. The van der Waals surface area contributed by atoms with Crippen LogP contribution in [0.25, 0.3) is 0 Å². The second-order valence-electron chi connectivity index (χ2n) is 4.54. The van der Waals surface area contributed by atoms with Gasteiger partial charge in [0.1, 0.15) is 6.04 Å². The minimum absolute atomic E-state index is 0.269. The lowest BCUT2D eigenvalue weighted by Crippen LogP contribution is -2.32. The average molecular weight is 284 g/mol. The normalized spacial score (nSPS) is 12.9. The highest BCUT2D eigenvalue weighted by Crippen LogP contribution is 2.23. The molecule has 0 aliphatic heterocycles. The molecule has 104 valence electrons. The van der Waals surface area contributed by atoms with Crippen LogP contribution in [0.1, 0.15) is 20.8 Å². The second kappa shape index (κ2) is 7.87. The Morgan fingerprint density at radius 2 is 1.89 bits per heavy atom.